The molecule has 0 unspecified atom stereocenters. The van der Waals surface area contributed by atoms with E-state index in [-0.39, 0.29) is 36.1 Å². The molecule has 0 spiro atoms. The van der Waals surface area contributed by atoms with Crippen LogP contribution in [0.3, 0.4) is 0 Å². The first-order valence-electron chi connectivity index (χ1n) is 10.0. The molecule has 29 heavy (non-hydrogen) atoms. The Bertz CT molecular complexity index is 906. The molecular weight excluding hydrogens is 391 g/mol. The number of sulfonamides is 1. The van der Waals surface area contributed by atoms with Gasteiger partial charge in [-0.2, -0.15) is 0 Å². The van der Waals surface area contributed by atoms with Gasteiger partial charge < -0.3 is 5.32 Å². The van der Waals surface area contributed by atoms with E-state index in [1.807, 2.05) is 12.1 Å². The molecule has 0 saturated heterocycles. The molecule has 0 atom stereocenters. The summed E-state index contributed by atoms with van der Waals surface area (Å²) < 4.78 is 40.2. The van der Waals surface area contributed by atoms with Crippen molar-refractivity contribution in [1.82, 2.24) is 10.0 Å². The highest BCUT2D eigenvalue weighted by Gasteiger charge is 2.18. The predicted octanol–water partition coefficient (Wildman–Crippen LogP) is 3.51. The van der Waals surface area contributed by atoms with Gasteiger partial charge in [-0.05, 0) is 54.2 Å². The number of carbonyl (C=O) groups excluding carboxylic acids is 1. The molecule has 1 fully saturated rings. The molecule has 2 N–H and O–H groups in total. The fourth-order valence-electron chi connectivity index (χ4n) is 3.68. The summed E-state index contributed by atoms with van der Waals surface area (Å²) in [5, 5.41) is 2.66. The summed E-state index contributed by atoms with van der Waals surface area (Å²) in [4.78, 5) is 12.1. The van der Waals surface area contributed by atoms with E-state index in [1.165, 1.54) is 49.8 Å². The Kier molecular flexibility index (Phi) is 7.39. The zero-order chi connectivity index (χ0) is 20.7. The number of carbonyl (C=O) groups is 1. The summed E-state index contributed by atoms with van der Waals surface area (Å²) in [6.07, 6.45) is 6.21. The Hall–Kier alpha value is -2.25. The fraction of sp³-hybridized carbons (Fsp3) is 0.409. The third-order valence-corrected chi connectivity index (χ3v) is 6.76. The number of hydrogen-bond donors (Lipinski definition) is 2. The molecule has 0 radical (unpaired) electrons. The van der Waals surface area contributed by atoms with Crippen molar-refractivity contribution in [3.8, 4) is 0 Å². The second-order valence-corrected chi connectivity index (χ2v) is 9.22. The number of halogens is 1. The largest absolute Gasteiger partial charge is 0.355 e. The van der Waals surface area contributed by atoms with E-state index in [0.29, 0.717) is 11.5 Å². The second kappa shape index (κ2) is 9.98. The quantitative estimate of drug-likeness (QED) is 0.644. The van der Waals surface area contributed by atoms with Gasteiger partial charge in [0.1, 0.15) is 5.82 Å². The fourth-order valence-corrected chi connectivity index (χ4v) is 4.71. The molecule has 1 aliphatic carbocycles. The summed E-state index contributed by atoms with van der Waals surface area (Å²) in [6, 6.07) is 12.8. The van der Waals surface area contributed by atoms with Crippen molar-refractivity contribution in [2.75, 3.05) is 13.1 Å². The number of nitrogens with one attached hydrogen (secondary N) is 2. The van der Waals surface area contributed by atoms with Gasteiger partial charge in [-0.1, -0.05) is 43.5 Å². The van der Waals surface area contributed by atoms with Crippen LogP contribution in [0.1, 0.15) is 49.1 Å². The lowest BCUT2D eigenvalue weighted by atomic mass is 9.84. The van der Waals surface area contributed by atoms with Gasteiger partial charge in [-0.3, -0.25) is 4.79 Å². The number of amides is 1. The van der Waals surface area contributed by atoms with Crippen molar-refractivity contribution in [2.24, 2.45) is 0 Å². The van der Waals surface area contributed by atoms with E-state index in [1.54, 1.807) is 24.3 Å². The molecule has 1 aliphatic rings. The van der Waals surface area contributed by atoms with Crippen LogP contribution in [0.25, 0.3) is 0 Å². The summed E-state index contributed by atoms with van der Waals surface area (Å²) in [6.45, 7) is 0.279. The van der Waals surface area contributed by atoms with Gasteiger partial charge in [0.25, 0.3) is 0 Å². The first kappa shape index (κ1) is 21.5. The van der Waals surface area contributed by atoms with Crippen LogP contribution in [0.15, 0.2) is 53.4 Å². The number of hydrogen-bond acceptors (Lipinski definition) is 3. The molecular formula is C22H27FN2O3S. The Labute approximate surface area is 171 Å². The summed E-state index contributed by atoms with van der Waals surface area (Å²) in [5.74, 6) is -0.0623. The van der Waals surface area contributed by atoms with Crippen molar-refractivity contribution < 1.29 is 17.6 Å². The molecule has 2 aromatic carbocycles. The van der Waals surface area contributed by atoms with E-state index in [4.69, 9.17) is 0 Å². The van der Waals surface area contributed by atoms with Gasteiger partial charge in [0.05, 0.1) is 11.3 Å². The highest BCUT2D eigenvalue weighted by Crippen LogP contribution is 2.32. The van der Waals surface area contributed by atoms with Crippen LogP contribution in [0, 0.1) is 5.82 Å². The molecule has 1 saturated carbocycles. The highest BCUT2D eigenvalue weighted by atomic mass is 32.2. The lowest BCUT2D eigenvalue weighted by Crippen LogP contribution is -2.35. The van der Waals surface area contributed by atoms with Gasteiger partial charge in [-0.25, -0.2) is 17.5 Å². The first-order valence-corrected chi connectivity index (χ1v) is 11.5. The summed E-state index contributed by atoms with van der Waals surface area (Å²) in [5.41, 5.74) is 1.90. The van der Waals surface area contributed by atoms with Crippen LogP contribution >= 0.6 is 0 Å². The molecule has 156 valence electrons. The van der Waals surface area contributed by atoms with Crippen molar-refractivity contribution in [1.29, 1.82) is 0 Å². The van der Waals surface area contributed by atoms with Crippen LogP contribution in [0.5, 0.6) is 0 Å². The third kappa shape index (κ3) is 6.37. The lowest BCUT2D eigenvalue weighted by molar-refractivity contribution is -0.120. The highest BCUT2D eigenvalue weighted by molar-refractivity contribution is 7.89. The van der Waals surface area contributed by atoms with Gasteiger partial charge in [0.2, 0.25) is 15.9 Å². The number of rotatable bonds is 8. The van der Waals surface area contributed by atoms with Gasteiger partial charge in [-0.15, -0.1) is 0 Å². The van der Waals surface area contributed by atoms with Crippen LogP contribution < -0.4 is 10.0 Å². The minimum atomic E-state index is -3.61. The molecule has 0 aromatic heterocycles. The predicted molar refractivity (Wildman–Crippen MR) is 111 cm³/mol. The van der Waals surface area contributed by atoms with Crippen LogP contribution in [-0.2, 0) is 21.2 Å². The van der Waals surface area contributed by atoms with Crippen molar-refractivity contribution in [3.05, 3.63) is 65.5 Å². The smallest absolute Gasteiger partial charge is 0.240 e. The van der Waals surface area contributed by atoms with Gasteiger partial charge in [0, 0.05) is 13.1 Å². The van der Waals surface area contributed by atoms with E-state index < -0.39 is 10.0 Å². The molecule has 5 nitrogen and oxygen atoms in total. The first-order chi connectivity index (χ1) is 13.9. The summed E-state index contributed by atoms with van der Waals surface area (Å²) in [7, 11) is -3.61. The molecule has 7 heteroatoms. The second-order valence-electron chi connectivity index (χ2n) is 7.45. The third-order valence-electron chi connectivity index (χ3n) is 5.28. The Morgan fingerprint density at radius 1 is 0.931 bits per heavy atom. The average Bonchev–Trinajstić information content (AvgIpc) is 2.74. The maximum Gasteiger partial charge on any atom is 0.240 e. The Morgan fingerprint density at radius 2 is 1.59 bits per heavy atom. The van der Waals surface area contributed by atoms with Gasteiger partial charge in [0.15, 0.2) is 0 Å². The minimum absolute atomic E-state index is 0.0991. The molecule has 2 aromatic rings. The normalized spacial score (nSPS) is 15.2. The Balaban J connectivity index is 1.44. The van der Waals surface area contributed by atoms with Crippen molar-refractivity contribution in [3.63, 3.8) is 0 Å². The van der Waals surface area contributed by atoms with E-state index in [9.17, 15) is 17.6 Å². The van der Waals surface area contributed by atoms with Crippen LogP contribution in [-0.4, -0.2) is 27.4 Å². The standard InChI is InChI=1S/C22H27FN2O3S/c23-20-10-6-17(7-11-20)16-22(26)24-14-15-25-29(27,28)21-12-8-19(9-13-21)18-4-2-1-3-5-18/h6-13,18,25H,1-5,14-16H2,(H,24,26). The van der Waals surface area contributed by atoms with Crippen molar-refractivity contribution >= 4 is 15.9 Å². The maximum absolute atomic E-state index is 12.9. The lowest BCUT2D eigenvalue weighted by Gasteiger charge is -2.22. The topological polar surface area (TPSA) is 75.3 Å². The molecule has 3 rings (SSSR count). The zero-order valence-corrected chi connectivity index (χ0v) is 17.2. The molecule has 1 amide bonds. The Morgan fingerprint density at radius 3 is 2.24 bits per heavy atom. The molecule has 0 heterocycles. The average molecular weight is 419 g/mol. The number of benzene rings is 2. The maximum atomic E-state index is 12.9. The molecule has 0 bridgehead atoms. The molecule has 0 aliphatic heterocycles. The van der Waals surface area contributed by atoms with Gasteiger partial charge >= 0.3 is 0 Å². The van der Waals surface area contributed by atoms with Crippen LogP contribution in [0.4, 0.5) is 4.39 Å². The van der Waals surface area contributed by atoms with E-state index in [0.717, 1.165) is 0 Å². The van der Waals surface area contributed by atoms with E-state index in [2.05, 4.69) is 10.0 Å². The van der Waals surface area contributed by atoms with Crippen LogP contribution in [0.2, 0.25) is 0 Å². The zero-order valence-electron chi connectivity index (χ0n) is 16.4. The summed E-state index contributed by atoms with van der Waals surface area (Å²) >= 11 is 0. The monoisotopic (exact) mass is 418 g/mol. The van der Waals surface area contributed by atoms with Crippen molar-refractivity contribution in [2.45, 2.75) is 49.3 Å². The SMILES string of the molecule is O=C(Cc1ccc(F)cc1)NCCNS(=O)(=O)c1ccc(C2CCCCC2)cc1. The minimum Gasteiger partial charge on any atom is -0.355 e. The van der Waals surface area contributed by atoms with E-state index >= 15 is 0 Å².